The summed E-state index contributed by atoms with van der Waals surface area (Å²) in [6, 6.07) is 0. The normalized spacial score (nSPS) is 19.1. The van der Waals surface area contributed by atoms with E-state index in [2.05, 4.69) is 0 Å². The lowest BCUT2D eigenvalue weighted by molar-refractivity contribution is -0.169. The second kappa shape index (κ2) is 6.92. The average Bonchev–Trinajstić information content (AvgIpc) is 2.85. The van der Waals surface area contributed by atoms with Gasteiger partial charge < -0.3 is 9.64 Å². The van der Waals surface area contributed by atoms with Crippen molar-refractivity contribution in [3.63, 3.8) is 0 Å². The molecule has 0 N–H and O–H groups in total. The van der Waals surface area contributed by atoms with Gasteiger partial charge >= 0.3 is 6.09 Å². The maximum atomic E-state index is 12.0. The fourth-order valence-electron chi connectivity index (χ4n) is 2.02. The Labute approximate surface area is 121 Å². The molecule has 6 nitrogen and oxygen atoms in total. The molecule has 20 heavy (non-hydrogen) atoms. The number of hydrogen-bond acceptors (Lipinski definition) is 4. The zero-order chi connectivity index (χ0) is 15.3. The third-order valence-electron chi connectivity index (χ3n) is 3.85. The maximum Gasteiger partial charge on any atom is 0.410 e. The number of hydroxylamine groups is 2. The van der Waals surface area contributed by atoms with Gasteiger partial charge in [0.1, 0.15) is 5.60 Å². The zero-order valence-corrected chi connectivity index (χ0v) is 13.1. The van der Waals surface area contributed by atoms with Crippen molar-refractivity contribution in [2.24, 2.45) is 5.92 Å². The molecule has 0 aromatic heterocycles. The second-order valence-corrected chi connectivity index (χ2v) is 5.86. The molecular formula is C14H26N2O4. The van der Waals surface area contributed by atoms with Gasteiger partial charge in [0.15, 0.2) is 0 Å². The molecule has 0 aromatic carbocycles. The van der Waals surface area contributed by atoms with E-state index in [1.54, 1.807) is 11.9 Å². The molecule has 0 spiro atoms. The van der Waals surface area contributed by atoms with E-state index in [1.807, 2.05) is 20.8 Å². The van der Waals surface area contributed by atoms with Crippen molar-refractivity contribution >= 4 is 12.0 Å². The van der Waals surface area contributed by atoms with Gasteiger partial charge in [-0.25, -0.2) is 9.86 Å². The van der Waals surface area contributed by atoms with Crippen LogP contribution >= 0.6 is 0 Å². The van der Waals surface area contributed by atoms with E-state index in [0.717, 1.165) is 12.8 Å². The van der Waals surface area contributed by atoms with E-state index in [0.29, 0.717) is 19.5 Å². The number of ether oxygens (including phenoxy) is 1. The minimum absolute atomic E-state index is 0.0680. The first kappa shape index (κ1) is 16.8. The van der Waals surface area contributed by atoms with Gasteiger partial charge in [-0.3, -0.25) is 9.63 Å². The van der Waals surface area contributed by atoms with Gasteiger partial charge in [0.05, 0.1) is 7.11 Å². The molecule has 6 heteroatoms. The Balaban J connectivity index is 2.43. The summed E-state index contributed by atoms with van der Waals surface area (Å²) in [6.45, 7) is 7.00. The third-order valence-corrected chi connectivity index (χ3v) is 3.85. The van der Waals surface area contributed by atoms with Crippen molar-refractivity contribution in [1.82, 2.24) is 9.96 Å². The Morgan fingerprint density at radius 3 is 2.60 bits per heavy atom. The molecule has 0 bridgehead atoms. The summed E-state index contributed by atoms with van der Waals surface area (Å²) < 4.78 is 5.46. The molecule has 1 fully saturated rings. The first-order chi connectivity index (χ1) is 9.29. The Morgan fingerprint density at radius 1 is 1.40 bits per heavy atom. The van der Waals surface area contributed by atoms with Crippen LogP contribution in [0.1, 0.15) is 40.0 Å². The van der Waals surface area contributed by atoms with Gasteiger partial charge in [0.2, 0.25) is 5.91 Å². The van der Waals surface area contributed by atoms with Crippen molar-refractivity contribution in [3.05, 3.63) is 0 Å². The predicted molar refractivity (Wildman–Crippen MR) is 74.9 cm³/mol. The monoisotopic (exact) mass is 286 g/mol. The molecule has 1 rings (SSSR count). The summed E-state index contributed by atoms with van der Waals surface area (Å²) in [6.07, 6.45) is 1.70. The lowest BCUT2D eigenvalue weighted by Gasteiger charge is -2.27. The standard InChI is InChI=1S/C14H26N2O4/c1-6-14(2,3)20-13(18)16-8-7-11(10-16)9-12(17)15(4)19-5/h11H,6-10H2,1-5H3/t11-/m0/s1. The molecule has 0 aliphatic carbocycles. The summed E-state index contributed by atoms with van der Waals surface area (Å²) in [5, 5.41) is 1.22. The summed E-state index contributed by atoms with van der Waals surface area (Å²) in [5.41, 5.74) is -0.443. The van der Waals surface area contributed by atoms with Crippen LogP contribution in [-0.4, -0.2) is 54.8 Å². The smallest absolute Gasteiger partial charge is 0.410 e. The van der Waals surface area contributed by atoms with Gasteiger partial charge in [-0.05, 0) is 32.6 Å². The van der Waals surface area contributed by atoms with E-state index < -0.39 is 5.60 Å². The first-order valence-electron chi connectivity index (χ1n) is 7.07. The van der Waals surface area contributed by atoms with E-state index in [9.17, 15) is 9.59 Å². The summed E-state index contributed by atoms with van der Waals surface area (Å²) in [7, 11) is 3.05. The fraction of sp³-hybridized carbons (Fsp3) is 0.857. The van der Waals surface area contributed by atoms with Gasteiger partial charge in [0.25, 0.3) is 0 Å². The first-order valence-corrected chi connectivity index (χ1v) is 7.07. The molecule has 1 atom stereocenters. The summed E-state index contributed by atoms with van der Waals surface area (Å²) in [5.74, 6) is 0.110. The third kappa shape index (κ3) is 4.67. The number of rotatable bonds is 5. The number of carbonyl (C=O) groups is 2. The van der Waals surface area contributed by atoms with Crippen LogP contribution < -0.4 is 0 Å². The largest absolute Gasteiger partial charge is 0.443 e. The molecule has 0 unspecified atom stereocenters. The molecule has 0 saturated carbocycles. The minimum atomic E-state index is -0.443. The van der Waals surface area contributed by atoms with Crippen molar-refractivity contribution in [2.75, 3.05) is 27.2 Å². The van der Waals surface area contributed by atoms with Gasteiger partial charge in [-0.15, -0.1) is 0 Å². The highest BCUT2D eigenvalue weighted by atomic mass is 16.7. The highest BCUT2D eigenvalue weighted by molar-refractivity contribution is 5.75. The van der Waals surface area contributed by atoms with E-state index in [-0.39, 0.29) is 17.9 Å². The summed E-state index contributed by atoms with van der Waals surface area (Å²) in [4.78, 5) is 30.3. The van der Waals surface area contributed by atoms with Gasteiger partial charge in [-0.1, -0.05) is 6.92 Å². The van der Waals surface area contributed by atoms with Crippen LogP contribution in [-0.2, 0) is 14.4 Å². The number of hydrogen-bond donors (Lipinski definition) is 0. The van der Waals surface area contributed by atoms with E-state index in [4.69, 9.17) is 9.57 Å². The molecule has 1 heterocycles. The van der Waals surface area contributed by atoms with Crippen molar-refractivity contribution in [3.8, 4) is 0 Å². The van der Waals surface area contributed by atoms with Crippen molar-refractivity contribution < 1.29 is 19.2 Å². The van der Waals surface area contributed by atoms with Crippen molar-refractivity contribution in [1.29, 1.82) is 0 Å². The van der Waals surface area contributed by atoms with Crippen LogP contribution in [0.3, 0.4) is 0 Å². The molecule has 116 valence electrons. The van der Waals surface area contributed by atoms with Crippen LogP contribution in [0.4, 0.5) is 4.79 Å². The molecular weight excluding hydrogens is 260 g/mol. The Hall–Kier alpha value is -1.30. The Bertz CT molecular complexity index is 357. The van der Waals surface area contributed by atoms with E-state index in [1.165, 1.54) is 12.2 Å². The topological polar surface area (TPSA) is 59.1 Å². The second-order valence-electron chi connectivity index (χ2n) is 5.86. The molecule has 0 radical (unpaired) electrons. The molecule has 1 saturated heterocycles. The highest BCUT2D eigenvalue weighted by Gasteiger charge is 2.32. The van der Waals surface area contributed by atoms with Gasteiger partial charge in [0, 0.05) is 26.6 Å². The molecule has 2 amide bonds. The van der Waals surface area contributed by atoms with Crippen LogP contribution in [0, 0.1) is 5.92 Å². The Morgan fingerprint density at radius 2 is 2.05 bits per heavy atom. The van der Waals surface area contributed by atoms with Crippen LogP contribution in [0.15, 0.2) is 0 Å². The number of amides is 2. The van der Waals surface area contributed by atoms with Crippen LogP contribution in [0.2, 0.25) is 0 Å². The zero-order valence-electron chi connectivity index (χ0n) is 13.1. The number of likely N-dealkylation sites (tertiary alicyclic amines) is 1. The summed E-state index contributed by atoms with van der Waals surface area (Å²) >= 11 is 0. The maximum absolute atomic E-state index is 12.0. The van der Waals surface area contributed by atoms with Gasteiger partial charge in [-0.2, -0.15) is 0 Å². The lowest BCUT2D eigenvalue weighted by Crippen LogP contribution is -2.37. The predicted octanol–water partition coefficient (Wildman–Crippen LogP) is 2.04. The molecule has 1 aliphatic rings. The minimum Gasteiger partial charge on any atom is -0.443 e. The number of nitrogens with zero attached hydrogens (tertiary/aromatic N) is 2. The number of carbonyl (C=O) groups excluding carboxylic acids is 2. The van der Waals surface area contributed by atoms with Crippen LogP contribution in [0.25, 0.3) is 0 Å². The SMILES string of the molecule is CCC(C)(C)OC(=O)N1CC[C@@H](CC(=O)N(C)OC)C1. The fourth-order valence-corrected chi connectivity index (χ4v) is 2.02. The highest BCUT2D eigenvalue weighted by Crippen LogP contribution is 2.23. The van der Waals surface area contributed by atoms with E-state index >= 15 is 0 Å². The van der Waals surface area contributed by atoms with Crippen molar-refractivity contribution in [2.45, 2.75) is 45.6 Å². The lowest BCUT2D eigenvalue weighted by atomic mass is 10.0. The molecule has 0 aromatic rings. The van der Waals surface area contributed by atoms with Crippen LogP contribution in [0.5, 0.6) is 0 Å². The average molecular weight is 286 g/mol. The molecule has 1 aliphatic heterocycles. The quantitative estimate of drug-likeness (QED) is 0.726. The Kier molecular flexibility index (Phi) is 5.80.